The number of hydrogen-bond donors (Lipinski definition) is 1. The van der Waals surface area contributed by atoms with Crippen molar-refractivity contribution in [1.82, 2.24) is 19.8 Å². The lowest BCUT2D eigenvalue weighted by Gasteiger charge is -2.32. The Morgan fingerprint density at radius 2 is 2.08 bits per heavy atom. The van der Waals surface area contributed by atoms with E-state index in [1.54, 1.807) is 0 Å². The first kappa shape index (κ1) is 16.5. The van der Waals surface area contributed by atoms with Crippen molar-refractivity contribution in [1.29, 1.82) is 0 Å². The first-order valence-corrected chi connectivity index (χ1v) is 9.26. The van der Waals surface area contributed by atoms with Crippen LogP contribution in [-0.4, -0.2) is 59.2 Å². The monoisotopic (exact) mass is 342 g/mol. The van der Waals surface area contributed by atoms with Crippen molar-refractivity contribution < 1.29 is 9.53 Å². The van der Waals surface area contributed by atoms with E-state index in [0.717, 1.165) is 43.2 Å². The molecule has 25 heavy (non-hydrogen) atoms. The van der Waals surface area contributed by atoms with E-state index in [4.69, 9.17) is 9.72 Å². The molecule has 6 heteroatoms. The van der Waals surface area contributed by atoms with E-state index in [1.807, 2.05) is 18.2 Å². The Balaban J connectivity index is 1.40. The van der Waals surface area contributed by atoms with Gasteiger partial charge in [0.25, 0.3) is 0 Å². The molecule has 134 valence electrons. The van der Waals surface area contributed by atoms with Crippen LogP contribution >= 0.6 is 0 Å². The molecule has 2 aromatic rings. The topological polar surface area (TPSA) is 59.4 Å². The molecule has 0 spiro atoms. The summed E-state index contributed by atoms with van der Waals surface area (Å²) in [6, 6.07) is 8.42. The molecule has 0 bridgehead atoms. The van der Waals surface area contributed by atoms with Crippen molar-refractivity contribution in [2.75, 3.05) is 32.8 Å². The minimum atomic E-state index is 0.0603. The molecule has 1 aliphatic heterocycles. The van der Waals surface area contributed by atoms with Crippen molar-refractivity contribution in [3.8, 4) is 0 Å². The van der Waals surface area contributed by atoms with Crippen LogP contribution in [0.25, 0.3) is 11.0 Å². The highest BCUT2D eigenvalue weighted by molar-refractivity contribution is 5.81. The lowest BCUT2D eigenvalue weighted by Crippen LogP contribution is -2.47. The highest BCUT2D eigenvalue weighted by Crippen LogP contribution is 2.40. The summed E-state index contributed by atoms with van der Waals surface area (Å²) in [4.78, 5) is 19.7. The van der Waals surface area contributed by atoms with Crippen LogP contribution in [0.2, 0.25) is 0 Å². The van der Waals surface area contributed by atoms with Gasteiger partial charge in [0.15, 0.2) is 0 Å². The van der Waals surface area contributed by atoms with Crippen molar-refractivity contribution in [3.05, 3.63) is 30.1 Å². The van der Waals surface area contributed by atoms with E-state index in [-0.39, 0.29) is 5.91 Å². The Morgan fingerprint density at radius 1 is 1.32 bits per heavy atom. The number of benzene rings is 1. The summed E-state index contributed by atoms with van der Waals surface area (Å²) in [6.45, 7) is 6.62. The average Bonchev–Trinajstić information content (AvgIpc) is 3.43. The van der Waals surface area contributed by atoms with Crippen molar-refractivity contribution in [2.24, 2.45) is 0 Å². The van der Waals surface area contributed by atoms with E-state index < -0.39 is 0 Å². The quantitative estimate of drug-likeness (QED) is 0.869. The van der Waals surface area contributed by atoms with Gasteiger partial charge in [-0.2, -0.15) is 0 Å². The van der Waals surface area contributed by atoms with Gasteiger partial charge in [-0.1, -0.05) is 12.1 Å². The maximum absolute atomic E-state index is 12.5. The molecule has 1 aromatic heterocycles. The predicted molar refractivity (Wildman–Crippen MR) is 96.6 cm³/mol. The molecule has 6 nitrogen and oxygen atoms in total. The number of aromatic nitrogens is 2. The summed E-state index contributed by atoms with van der Waals surface area (Å²) >= 11 is 0. The van der Waals surface area contributed by atoms with E-state index in [9.17, 15) is 4.79 Å². The third-order valence-electron chi connectivity index (χ3n) is 5.19. The zero-order chi connectivity index (χ0) is 17.2. The number of morpholine rings is 1. The number of nitrogens with zero attached hydrogens (tertiary/aromatic N) is 3. The summed E-state index contributed by atoms with van der Waals surface area (Å²) < 4.78 is 7.49. The van der Waals surface area contributed by atoms with Gasteiger partial charge < -0.3 is 14.6 Å². The zero-order valence-electron chi connectivity index (χ0n) is 14.8. The first-order chi connectivity index (χ1) is 12.2. The van der Waals surface area contributed by atoms with Crippen LogP contribution in [0, 0.1) is 0 Å². The van der Waals surface area contributed by atoms with E-state index in [2.05, 4.69) is 27.8 Å². The molecule has 0 radical (unpaired) electrons. The number of imidazole rings is 1. The van der Waals surface area contributed by atoms with Gasteiger partial charge in [0, 0.05) is 31.6 Å². The van der Waals surface area contributed by atoms with Gasteiger partial charge in [0.1, 0.15) is 12.4 Å². The number of rotatable bonds is 6. The van der Waals surface area contributed by atoms with E-state index in [0.29, 0.717) is 25.0 Å². The molecule has 1 atom stereocenters. The molecule has 1 amide bonds. The summed E-state index contributed by atoms with van der Waals surface area (Å²) in [5.74, 6) is 1.65. The fourth-order valence-corrected chi connectivity index (χ4v) is 3.52. The Kier molecular flexibility index (Phi) is 4.72. The number of nitrogens with one attached hydrogen (secondary N) is 1. The SMILES string of the molecule is CC(CNC(=O)Cn1c(C2CC2)nc2ccccc21)N1CCOCC1. The van der Waals surface area contributed by atoms with Gasteiger partial charge in [0.2, 0.25) is 5.91 Å². The largest absolute Gasteiger partial charge is 0.379 e. The summed E-state index contributed by atoms with van der Waals surface area (Å²) in [5.41, 5.74) is 2.04. The van der Waals surface area contributed by atoms with Crippen LogP contribution in [0.5, 0.6) is 0 Å². The number of amides is 1. The van der Waals surface area contributed by atoms with Crippen molar-refractivity contribution in [2.45, 2.75) is 38.3 Å². The molecule has 4 rings (SSSR count). The molecule has 1 aliphatic carbocycles. The molecule has 1 N–H and O–H groups in total. The normalized spacial score (nSPS) is 19.9. The van der Waals surface area contributed by atoms with Crippen LogP contribution in [-0.2, 0) is 16.1 Å². The molecular formula is C19H26N4O2. The summed E-state index contributed by atoms with van der Waals surface area (Å²) in [5, 5.41) is 3.10. The van der Waals surface area contributed by atoms with Crippen molar-refractivity contribution >= 4 is 16.9 Å². The standard InChI is InChI=1S/C19H26N4O2/c1-14(22-8-10-25-11-9-22)12-20-18(24)13-23-17-5-3-2-4-16(17)21-19(23)15-6-7-15/h2-5,14-15H,6-13H2,1H3,(H,20,24). The second-order valence-electron chi connectivity index (χ2n) is 7.12. The van der Waals surface area contributed by atoms with Crippen LogP contribution in [0.1, 0.15) is 31.5 Å². The molecule has 1 aromatic carbocycles. The van der Waals surface area contributed by atoms with E-state index in [1.165, 1.54) is 12.8 Å². The first-order valence-electron chi connectivity index (χ1n) is 9.26. The summed E-state index contributed by atoms with van der Waals surface area (Å²) in [6.07, 6.45) is 2.36. The molecule has 2 aliphatic rings. The minimum Gasteiger partial charge on any atom is -0.379 e. The van der Waals surface area contributed by atoms with E-state index >= 15 is 0 Å². The Labute approximate surface area is 148 Å². The minimum absolute atomic E-state index is 0.0603. The predicted octanol–water partition coefficient (Wildman–Crippen LogP) is 1.75. The second kappa shape index (κ2) is 7.14. The zero-order valence-corrected chi connectivity index (χ0v) is 14.8. The van der Waals surface area contributed by atoms with Crippen LogP contribution in [0.3, 0.4) is 0 Å². The smallest absolute Gasteiger partial charge is 0.240 e. The Morgan fingerprint density at radius 3 is 2.84 bits per heavy atom. The fraction of sp³-hybridized carbons (Fsp3) is 0.579. The van der Waals surface area contributed by atoms with Gasteiger partial charge in [-0.25, -0.2) is 4.98 Å². The lowest BCUT2D eigenvalue weighted by molar-refractivity contribution is -0.121. The number of hydrogen-bond acceptors (Lipinski definition) is 4. The van der Waals surface area contributed by atoms with Crippen LogP contribution < -0.4 is 5.32 Å². The molecule has 2 fully saturated rings. The van der Waals surface area contributed by atoms with Gasteiger partial charge in [0.05, 0.1) is 24.2 Å². The number of ether oxygens (including phenoxy) is 1. The molecule has 1 saturated carbocycles. The lowest BCUT2D eigenvalue weighted by atomic mass is 10.2. The molecule has 1 unspecified atom stereocenters. The highest BCUT2D eigenvalue weighted by Gasteiger charge is 2.30. The molecule has 1 saturated heterocycles. The maximum Gasteiger partial charge on any atom is 0.240 e. The highest BCUT2D eigenvalue weighted by atomic mass is 16.5. The number of carbonyl (C=O) groups is 1. The second-order valence-corrected chi connectivity index (χ2v) is 7.12. The van der Waals surface area contributed by atoms with Gasteiger partial charge >= 0.3 is 0 Å². The molecular weight excluding hydrogens is 316 g/mol. The Hall–Kier alpha value is -1.92. The van der Waals surface area contributed by atoms with Gasteiger partial charge in [-0.05, 0) is 31.9 Å². The van der Waals surface area contributed by atoms with Gasteiger partial charge in [-0.15, -0.1) is 0 Å². The third-order valence-corrected chi connectivity index (χ3v) is 5.19. The van der Waals surface area contributed by atoms with Crippen LogP contribution in [0.4, 0.5) is 0 Å². The Bertz CT molecular complexity index is 747. The fourth-order valence-electron chi connectivity index (χ4n) is 3.52. The number of para-hydroxylation sites is 2. The van der Waals surface area contributed by atoms with Crippen LogP contribution in [0.15, 0.2) is 24.3 Å². The third kappa shape index (κ3) is 3.70. The number of fused-ring (bicyclic) bond motifs is 1. The maximum atomic E-state index is 12.5. The van der Waals surface area contributed by atoms with Crippen molar-refractivity contribution in [3.63, 3.8) is 0 Å². The average molecular weight is 342 g/mol. The molecule has 2 heterocycles. The summed E-state index contributed by atoms with van der Waals surface area (Å²) in [7, 11) is 0. The number of carbonyl (C=O) groups excluding carboxylic acids is 1. The van der Waals surface area contributed by atoms with Gasteiger partial charge in [-0.3, -0.25) is 9.69 Å².